The van der Waals surface area contributed by atoms with Gasteiger partial charge < -0.3 is 10.4 Å². The molecule has 0 radical (unpaired) electrons. The maximum Gasteiger partial charge on any atom is 0.237 e. The molecule has 0 spiro atoms. The van der Waals surface area contributed by atoms with Crippen molar-refractivity contribution in [1.82, 2.24) is 10.2 Å². The third-order valence-electron chi connectivity index (χ3n) is 4.83. The summed E-state index contributed by atoms with van der Waals surface area (Å²) in [4.78, 5) is 14.6. The summed E-state index contributed by atoms with van der Waals surface area (Å²) in [7, 11) is 0. The fourth-order valence-electron chi connectivity index (χ4n) is 3.21. The van der Waals surface area contributed by atoms with Crippen LogP contribution in [0.25, 0.3) is 0 Å². The van der Waals surface area contributed by atoms with E-state index in [1.165, 1.54) is 17.2 Å². The second kappa shape index (κ2) is 7.76. The molecule has 2 aromatic rings. The Labute approximate surface area is 147 Å². The minimum Gasteiger partial charge on any atom is -0.392 e. The lowest BCUT2D eigenvalue weighted by atomic mass is 9.99. The molecular formula is C20H23FN2O2. The number of aliphatic hydroxyl groups excluding tert-OH is 1. The van der Waals surface area contributed by atoms with Crippen molar-refractivity contribution in [3.63, 3.8) is 0 Å². The number of benzene rings is 2. The van der Waals surface area contributed by atoms with Crippen LogP contribution in [0.3, 0.4) is 0 Å². The molecule has 1 aliphatic rings. The molecule has 0 saturated carbocycles. The largest absolute Gasteiger partial charge is 0.392 e. The first-order chi connectivity index (χ1) is 12.1. The lowest BCUT2D eigenvalue weighted by Gasteiger charge is -2.32. The monoisotopic (exact) mass is 342 g/mol. The maximum absolute atomic E-state index is 13.4. The molecular weight excluding hydrogens is 319 g/mol. The van der Waals surface area contributed by atoms with E-state index < -0.39 is 5.82 Å². The molecule has 2 N–H and O–H groups in total. The zero-order valence-electron chi connectivity index (χ0n) is 14.3. The van der Waals surface area contributed by atoms with Crippen molar-refractivity contribution in [3.05, 3.63) is 70.5 Å². The first-order valence-electron chi connectivity index (χ1n) is 8.55. The molecule has 1 aliphatic heterocycles. The van der Waals surface area contributed by atoms with E-state index in [2.05, 4.69) is 22.3 Å². The van der Waals surface area contributed by atoms with Crippen LogP contribution in [-0.4, -0.2) is 28.5 Å². The van der Waals surface area contributed by atoms with Gasteiger partial charge in [0, 0.05) is 25.2 Å². The highest BCUT2D eigenvalue weighted by molar-refractivity contribution is 5.81. The van der Waals surface area contributed by atoms with E-state index in [-0.39, 0.29) is 24.1 Å². The summed E-state index contributed by atoms with van der Waals surface area (Å²) in [6.07, 6.45) is 0.950. The SMILES string of the molecule is CC(C(=O)NCc1ccc(F)c(CO)c1)N1CCc2ccccc2C1. The molecule has 3 rings (SSSR count). The number of halogens is 1. The fraction of sp³-hybridized carbons (Fsp3) is 0.350. The van der Waals surface area contributed by atoms with Crippen LogP contribution in [-0.2, 0) is 30.9 Å². The first kappa shape index (κ1) is 17.6. The smallest absolute Gasteiger partial charge is 0.237 e. The summed E-state index contributed by atoms with van der Waals surface area (Å²) in [6, 6.07) is 12.6. The van der Waals surface area contributed by atoms with Crippen LogP contribution >= 0.6 is 0 Å². The van der Waals surface area contributed by atoms with Gasteiger partial charge in [0.25, 0.3) is 0 Å². The number of carbonyl (C=O) groups excluding carboxylic acids is 1. The summed E-state index contributed by atoms with van der Waals surface area (Å²) in [5.74, 6) is -0.479. The number of amides is 1. The number of fused-ring (bicyclic) bond motifs is 1. The summed E-state index contributed by atoms with van der Waals surface area (Å²) in [5, 5.41) is 12.0. The third kappa shape index (κ3) is 4.06. The van der Waals surface area contributed by atoms with Gasteiger partial charge in [-0.2, -0.15) is 0 Å². The van der Waals surface area contributed by atoms with Crippen LogP contribution in [0.5, 0.6) is 0 Å². The van der Waals surface area contributed by atoms with Crippen LogP contribution in [0.4, 0.5) is 4.39 Å². The molecule has 0 bridgehead atoms. The average molecular weight is 342 g/mol. The van der Waals surface area contributed by atoms with Crippen molar-refractivity contribution in [2.75, 3.05) is 6.54 Å². The second-order valence-electron chi connectivity index (χ2n) is 6.47. The number of carbonyl (C=O) groups is 1. The van der Waals surface area contributed by atoms with Crippen molar-refractivity contribution in [1.29, 1.82) is 0 Å². The molecule has 1 atom stereocenters. The van der Waals surface area contributed by atoms with Gasteiger partial charge in [-0.3, -0.25) is 9.69 Å². The predicted octanol–water partition coefficient (Wildman–Crippen LogP) is 2.38. The second-order valence-corrected chi connectivity index (χ2v) is 6.47. The minimum atomic E-state index is -0.432. The molecule has 0 aliphatic carbocycles. The van der Waals surface area contributed by atoms with Gasteiger partial charge in [-0.25, -0.2) is 4.39 Å². The van der Waals surface area contributed by atoms with Crippen LogP contribution in [0, 0.1) is 5.82 Å². The summed E-state index contributed by atoms with van der Waals surface area (Å²) >= 11 is 0. The van der Waals surface area contributed by atoms with Gasteiger partial charge in [-0.15, -0.1) is 0 Å². The zero-order valence-corrected chi connectivity index (χ0v) is 14.3. The highest BCUT2D eigenvalue weighted by atomic mass is 19.1. The zero-order chi connectivity index (χ0) is 17.8. The molecule has 4 nitrogen and oxygen atoms in total. The lowest BCUT2D eigenvalue weighted by molar-refractivity contribution is -0.126. The first-order valence-corrected chi connectivity index (χ1v) is 8.55. The van der Waals surface area contributed by atoms with Crippen LogP contribution in [0.2, 0.25) is 0 Å². The highest BCUT2D eigenvalue weighted by Gasteiger charge is 2.24. The molecule has 1 unspecified atom stereocenters. The Bertz CT molecular complexity index is 763. The van der Waals surface area contributed by atoms with Gasteiger partial charge >= 0.3 is 0 Å². The van der Waals surface area contributed by atoms with E-state index in [0.29, 0.717) is 6.54 Å². The number of nitrogens with zero attached hydrogens (tertiary/aromatic N) is 1. The molecule has 0 fully saturated rings. The van der Waals surface area contributed by atoms with Gasteiger partial charge in [-0.05, 0) is 42.2 Å². The van der Waals surface area contributed by atoms with Gasteiger partial charge in [0.1, 0.15) is 5.82 Å². The van der Waals surface area contributed by atoms with Crippen molar-refractivity contribution in [2.45, 2.75) is 39.1 Å². The Kier molecular flexibility index (Phi) is 5.46. The molecule has 0 saturated heterocycles. The van der Waals surface area contributed by atoms with Crippen LogP contribution < -0.4 is 5.32 Å². The number of rotatable bonds is 5. The minimum absolute atomic E-state index is 0.0470. The average Bonchev–Trinajstić information content (AvgIpc) is 2.66. The Morgan fingerprint density at radius 1 is 1.28 bits per heavy atom. The normalized spacial score (nSPS) is 15.5. The maximum atomic E-state index is 13.4. The molecule has 5 heteroatoms. The molecule has 1 heterocycles. The predicted molar refractivity (Wildman–Crippen MR) is 94.2 cm³/mol. The molecule has 1 amide bonds. The van der Waals surface area contributed by atoms with Gasteiger partial charge in [-0.1, -0.05) is 30.3 Å². The van der Waals surface area contributed by atoms with E-state index in [1.54, 1.807) is 12.1 Å². The van der Waals surface area contributed by atoms with E-state index in [4.69, 9.17) is 5.11 Å². The summed E-state index contributed by atoms with van der Waals surface area (Å²) < 4.78 is 13.4. The quantitative estimate of drug-likeness (QED) is 0.877. The van der Waals surface area contributed by atoms with Crippen molar-refractivity contribution in [3.8, 4) is 0 Å². The Morgan fingerprint density at radius 2 is 2.04 bits per heavy atom. The van der Waals surface area contributed by atoms with Gasteiger partial charge in [0.15, 0.2) is 0 Å². The standard InChI is InChI=1S/C20H23FN2O2/c1-14(23-9-8-16-4-2-3-5-17(16)12-23)20(25)22-11-15-6-7-19(21)18(10-15)13-24/h2-7,10,14,24H,8-9,11-13H2,1H3,(H,22,25). The summed E-state index contributed by atoms with van der Waals surface area (Å²) in [5.41, 5.74) is 3.65. The Hall–Kier alpha value is -2.24. The van der Waals surface area contributed by atoms with Crippen molar-refractivity contribution in [2.24, 2.45) is 0 Å². The van der Waals surface area contributed by atoms with Gasteiger partial charge in [0.2, 0.25) is 5.91 Å². The molecule has 0 aromatic heterocycles. The van der Waals surface area contributed by atoms with Crippen LogP contribution in [0.1, 0.15) is 29.2 Å². The van der Waals surface area contributed by atoms with Crippen LogP contribution in [0.15, 0.2) is 42.5 Å². The van der Waals surface area contributed by atoms with Crippen molar-refractivity contribution >= 4 is 5.91 Å². The highest BCUT2D eigenvalue weighted by Crippen LogP contribution is 2.20. The Morgan fingerprint density at radius 3 is 2.80 bits per heavy atom. The number of aliphatic hydroxyl groups is 1. The third-order valence-corrected chi connectivity index (χ3v) is 4.83. The van der Waals surface area contributed by atoms with E-state index in [1.807, 2.05) is 19.1 Å². The number of hydrogen-bond acceptors (Lipinski definition) is 3. The fourth-order valence-corrected chi connectivity index (χ4v) is 3.21. The number of hydrogen-bond donors (Lipinski definition) is 2. The molecule has 2 aromatic carbocycles. The van der Waals surface area contributed by atoms with E-state index >= 15 is 0 Å². The summed E-state index contributed by atoms with van der Waals surface area (Å²) in [6.45, 7) is 3.51. The van der Waals surface area contributed by atoms with Crippen molar-refractivity contribution < 1.29 is 14.3 Å². The topological polar surface area (TPSA) is 52.6 Å². The molecule has 132 valence electrons. The molecule has 25 heavy (non-hydrogen) atoms. The lowest BCUT2D eigenvalue weighted by Crippen LogP contribution is -2.46. The van der Waals surface area contributed by atoms with E-state index in [0.717, 1.165) is 25.1 Å². The van der Waals surface area contributed by atoms with E-state index in [9.17, 15) is 9.18 Å². The van der Waals surface area contributed by atoms with Gasteiger partial charge in [0.05, 0.1) is 12.6 Å². The Balaban J connectivity index is 1.58. The number of nitrogens with one attached hydrogen (secondary N) is 1.